The minimum atomic E-state index is -0.148. The fourth-order valence-electron chi connectivity index (χ4n) is 1.26. The van der Waals surface area contributed by atoms with Gasteiger partial charge in [-0.3, -0.25) is 4.79 Å². The molecule has 0 aliphatic heterocycles. The summed E-state index contributed by atoms with van der Waals surface area (Å²) in [6, 6.07) is 6.56. The van der Waals surface area contributed by atoms with Crippen LogP contribution in [0.4, 0.5) is 0 Å². The lowest BCUT2D eigenvalue weighted by Gasteiger charge is -2.01. The van der Waals surface area contributed by atoms with Crippen LogP contribution in [0.15, 0.2) is 24.3 Å². The number of hydrogen-bond donors (Lipinski definition) is 0. The maximum Gasteiger partial charge on any atom is 0.243 e. The maximum absolute atomic E-state index is 11.9. The molecule has 0 aliphatic carbocycles. The summed E-state index contributed by atoms with van der Waals surface area (Å²) in [7, 11) is 0. The third-order valence-electron chi connectivity index (χ3n) is 2.06. The lowest BCUT2D eigenvalue weighted by atomic mass is 10.1. The summed E-state index contributed by atoms with van der Waals surface area (Å²) in [4.78, 5) is 15.5. The first-order valence-electron chi connectivity index (χ1n) is 4.61. The number of rotatable bonds is 3. The second kappa shape index (κ2) is 5.04. The van der Waals surface area contributed by atoms with Gasteiger partial charge in [0, 0.05) is 10.6 Å². The number of nitrogens with zero attached hydrogens (tertiary/aromatic N) is 3. The van der Waals surface area contributed by atoms with Gasteiger partial charge >= 0.3 is 0 Å². The lowest BCUT2D eigenvalue weighted by molar-refractivity contribution is 0.0967. The Morgan fingerprint density at radius 1 is 1.18 bits per heavy atom. The number of Topliss-reactive ketones (excluding diaryl/α,β-unsaturated/α-hetero) is 1. The van der Waals surface area contributed by atoms with Crippen LogP contribution in [0.3, 0.4) is 0 Å². The van der Waals surface area contributed by atoms with E-state index in [9.17, 15) is 4.79 Å². The van der Waals surface area contributed by atoms with Crippen LogP contribution in [0.25, 0.3) is 0 Å². The predicted molar refractivity (Wildman–Crippen MR) is 65.8 cm³/mol. The zero-order valence-electron chi connectivity index (χ0n) is 8.40. The molecule has 2 aromatic rings. The second-order valence-corrected chi connectivity index (χ2v) is 4.35. The average Bonchev–Trinajstić information content (AvgIpc) is 2.58. The molecule has 0 aliphatic rings. The number of benzene rings is 1. The van der Waals surface area contributed by atoms with E-state index in [0.717, 1.165) is 0 Å². The summed E-state index contributed by atoms with van der Waals surface area (Å²) in [5.74, 6) is -0.148. The number of carbonyl (C=O) groups is 1. The van der Waals surface area contributed by atoms with Crippen molar-refractivity contribution >= 4 is 40.6 Å². The minimum absolute atomic E-state index is 0.0129. The Balaban J connectivity index is 2.17. The molecule has 2 rings (SSSR count). The highest BCUT2D eigenvalue weighted by Gasteiger charge is 2.11. The van der Waals surface area contributed by atoms with E-state index in [1.165, 1.54) is 4.68 Å². The Morgan fingerprint density at radius 2 is 1.82 bits per heavy atom. The molecule has 0 radical (unpaired) electrons. The molecule has 0 spiro atoms. The van der Waals surface area contributed by atoms with Crippen LogP contribution in [0.2, 0.25) is 15.6 Å². The highest BCUT2D eigenvalue weighted by atomic mass is 35.5. The van der Waals surface area contributed by atoms with Crippen molar-refractivity contribution in [1.82, 2.24) is 14.8 Å². The van der Waals surface area contributed by atoms with Gasteiger partial charge in [0.25, 0.3) is 0 Å². The zero-order valence-corrected chi connectivity index (χ0v) is 10.7. The highest BCUT2D eigenvalue weighted by Crippen LogP contribution is 2.13. The molecule has 0 unspecified atom stereocenters. The molecule has 0 N–H and O–H groups in total. The van der Waals surface area contributed by atoms with Crippen LogP contribution in [-0.2, 0) is 6.54 Å². The van der Waals surface area contributed by atoms with Crippen LogP contribution in [0.1, 0.15) is 10.4 Å². The summed E-state index contributed by atoms with van der Waals surface area (Å²) >= 11 is 17.0. The van der Waals surface area contributed by atoms with Gasteiger partial charge in [-0.1, -0.05) is 11.6 Å². The van der Waals surface area contributed by atoms with Gasteiger partial charge in [0.05, 0.1) is 0 Å². The van der Waals surface area contributed by atoms with Crippen LogP contribution >= 0.6 is 34.8 Å². The van der Waals surface area contributed by atoms with Gasteiger partial charge in [-0.25, -0.2) is 4.68 Å². The maximum atomic E-state index is 11.9. The first-order chi connectivity index (χ1) is 8.06. The molecule has 0 fully saturated rings. The van der Waals surface area contributed by atoms with E-state index in [0.29, 0.717) is 10.6 Å². The Labute approximate surface area is 112 Å². The largest absolute Gasteiger partial charge is 0.292 e. The zero-order chi connectivity index (χ0) is 12.4. The summed E-state index contributed by atoms with van der Waals surface area (Å²) < 4.78 is 1.24. The first kappa shape index (κ1) is 12.4. The number of aromatic nitrogens is 3. The highest BCUT2D eigenvalue weighted by molar-refractivity contribution is 6.31. The molecule has 7 heteroatoms. The summed E-state index contributed by atoms with van der Waals surface area (Å²) in [5, 5.41) is 4.45. The number of hydrogen-bond acceptors (Lipinski definition) is 3. The molecule has 4 nitrogen and oxygen atoms in total. The van der Waals surface area contributed by atoms with Crippen LogP contribution in [-0.4, -0.2) is 20.5 Å². The summed E-state index contributed by atoms with van der Waals surface area (Å²) in [5.41, 5.74) is 0.525. The number of ketones is 1. The first-order valence-corrected chi connectivity index (χ1v) is 5.74. The van der Waals surface area contributed by atoms with Crippen molar-refractivity contribution in [2.45, 2.75) is 6.54 Å². The van der Waals surface area contributed by atoms with Crippen molar-refractivity contribution in [3.05, 3.63) is 45.4 Å². The Hall–Kier alpha value is -1.10. The van der Waals surface area contributed by atoms with Gasteiger partial charge in [0.2, 0.25) is 10.6 Å². The van der Waals surface area contributed by atoms with E-state index in [2.05, 4.69) is 10.1 Å². The average molecular weight is 291 g/mol. The number of carbonyl (C=O) groups excluding carboxylic acids is 1. The third-order valence-corrected chi connectivity index (χ3v) is 2.75. The number of halogens is 3. The SMILES string of the molecule is O=C(Cn1nc(Cl)nc1Cl)c1ccc(Cl)cc1. The van der Waals surface area contributed by atoms with E-state index < -0.39 is 0 Å². The summed E-state index contributed by atoms with van der Waals surface area (Å²) in [6.07, 6.45) is 0. The molecule has 0 saturated heterocycles. The molecule has 0 bridgehead atoms. The molecule has 1 aromatic heterocycles. The quantitative estimate of drug-likeness (QED) is 0.816. The predicted octanol–water partition coefficient (Wildman–Crippen LogP) is 3.12. The van der Waals surface area contributed by atoms with Crippen LogP contribution < -0.4 is 0 Å². The fraction of sp³-hybridized carbons (Fsp3) is 0.100. The Bertz CT molecular complexity index is 550. The molecule has 0 saturated carbocycles. The summed E-state index contributed by atoms with van der Waals surface area (Å²) in [6.45, 7) is -0.0137. The molecule has 0 amide bonds. The van der Waals surface area contributed by atoms with E-state index in [1.54, 1.807) is 24.3 Å². The van der Waals surface area contributed by atoms with E-state index in [4.69, 9.17) is 34.8 Å². The molecule has 17 heavy (non-hydrogen) atoms. The van der Waals surface area contributed by atoms with Gasteiger partial charge in [-0.05, 0) is 47.5 Å². The van der Waals surface area contributed by atoms with Gasteiger partial charge in [-0.2, -0.15) is 4.98 Å². The standard InChI is InChI=1S/C10H6Cl3N3O/c11-7-3-1-6(2-4-7)8(17)5-16-10(13)14-9(12)15-16/h1-4H,5H2. The lowest BCUT2D eigenvalue weighted by Crippen LogP contribution is -2.11. The fourth-order valence-corrected chi connectivity index (χ4v) is 1.78. The van der Waals surface area contributed by atoms with Crippen molar-refractivity contribution in [1.29, 1.82) is 0 Å². The van der Waals surface area contributed by atoms with E-state index >= 15 is 0 Å². The topological polar surface area (TPSA) is 47.8 Å². The smallest absolute Gasteiger partial charge is 0.243 e. The van der Waals surface area contributed by atoms with E-state index in [1.807, 2.05) is 0 Å². The second-order valence-electron chi connectivity index (χ2n) is 3.24. The monoisotopic (exact) mass is 289 g/mol. The van der Waals surface area contributed by atoms with Crippen molar-refractivity contribution < 1.29 is 4.79 Å². The van der Waals surface area contributed by atoms with Gasteiger partial charge in [0.15, 0.2) is 5.78 Å². The van der Waals surface area contributed by atoms with Crippen molar-refractivity contribution in [3.8, 4) is 0 Å². The van der Waals surface area contributed by atoms with Gasteiger partial charge < -0.3 is 0 Å². The third kappa shape index (κ3) is 2.97. The van der Waals surface area contributed by atoms with Crippen molar-refractivity contribution in [2.75, 3.05) is 0 Å². The van der Waals surface area contributed by atoms with Gasteiger partial charge in [-0.15, -0.1) is 5.10 Å². The van der Waals surface area contributed by atoms with Crippen LogP contribution in [0.5, 0.6) is 0 Å². The Morgan fingerprint density at radius 3 is 2.35 bits per heavy atom. The Kier molecular flexibility index (Phi) is 3.66. The molecular weight excluding hydrogens is 284 g/mol. The van der Waals surface area contributed by atoms with Gasteiger partial charge in [0.1, 0.15) is 6.54 Å². The normalized spacial score (nSPS) is 10.5. The van der Waals surface area contributed by atoms with Crippen molar-refractivity contribution in [2.24, 2.45) is 0 Å². The molecular formula is C10H6Cl3N3O. The molecule has 0 atom stereocenters. The van der Waals surface area contributed by atoms with Crippen LogP contribution in [0, 0.1) is 0 Å². The molecule has 1 heterocycles. The van der Waals surface area contributed by atoms with Crippen molar-refractivity contribution in [3.63, 3.8) is 0 Å². The molecule has 1 aromatic carbocycles. The van der Waals surface area contributed by atoms with E-state index in [-0.39, 0.29) is 22.9 Å². The minimum Gasteiger partial charge on any atom is -0.292 e. The molecule has 88 valence electrons.